The first-order valence-corrected chi connectivity index (χ1v) is 9.46. The van der Waals surface area contributed by atoms with E-state index in [1.165, 1.54) is 0 Å². The van der Waals surface area contributed by atoms with Crippen molar-refractivity contribution in [2.75, 3.05) is 0 Å². The summed E-state index contributed by atoms with van der Waals surface area (Å²) in [6.07, 6.45) is -2.88. The lowest BCUT2D eigenvalue weighted by Gasteiger charge is -2.58. The van der Waals surface area contributed by atoms with Gasteiger partial charge in [-0.05, 0) is 44.9 Å². The first-order valence-electron chi connectivity index (χ1n) is 9.46. The smallest absolute Gasteiger partial charge is 0.389 e. The molecule has 26 heavy (non-hydrogen) atoms. The molecule has 7 atom stereocenters. The molecule has 4 unspecified atom stereocenters. The van der Waals surface area contributed by atoms with Crippen molar-refractivity contribution in [1.82, 2.24) is 0 Å². The first-order chi connectivity index (χ1) is 12.1. The largest absolute Gasteiger partial charge is 0.432 e. The van der Waals surface area contributed by atoms with Gasteiger partial charge in [0, 0.05) is 24.7 Å². The lowest BCUT2D eigenvalue weighted by molar-refractivity contribution is -0.559. The van der Waals surface area contributed by atoms with E-state index in [1.54, 1.807) is 6.92 Å². The molecule has 0 aromatic heterocycles. The third kappa shape index (κ3) is 2.85. The summed E-state index contributed by atoms with van der Waals surface area (Å²) in [7, 11) is 0. The molecule has 5 rings (SSSR count). The van der Waals surface area contributed by atoms with Gasteiger partial charge in [-0.3, -0.25) is 4.79 Å². The van der Waals surface area contributed by atoms with Crippen molar-refractivity contribution in [3.63, 3.8) is 0 Å². The summed E-state index contributed by atoms with van der Waals surface area (Å²) in [4.78, 5) is 24.1. The summed E-state index contributed by atoms with van der Waals surface area (Å²) >= 11 is 0. The molecule has 4 heterocycles. The number of rotatable bonds is 3. The lowest BCUT2D eigenvalue weighted by atomic mass is 9.57. The van der Waals surface area contributed by atoms with Crippen LogP contribution in [0.5, 0.6) is 0 Å². The van der Waals surface area contributed by atoms with Crippen molar-refractivity contribution in [3.05, 3.63) is 0 Å². The molecule has 148 valence electrons. The number of halogens is 3. The van der Waals surface area contributed by atoms with E-state index < -0.39 is 42.2 Å². The van der Waals surface area contributed by atoms with Crippen molar-refractivity contribution < 1.29 is 37.2 Å². The normalized spacial score (nSPS) is 47.9. The maximum atomic E-state index is 12.6. The molecule has 1 aliphatic carbocycles. The third-order valence-electron chi connectivity index (χ3n) is 6.76. The molecule has 1 saturated carbocycles. The van der Waals surface area contributed by atoms with E-state index in [9.17, 15) is 18.0 Å². The average Bonchev–Trinajstić information content (AvgIpc) is 2.76. The summed E-state index contributed by atoms with van der Waals surface area (Å²) in [6, 6.07) is 0. The van der Waals surface area contributed by atoms with E-state index in [2.05, 4.69) is 6.92 Å². The van der Waals surface area contributed by atoms with Crippen molar-refractivity contribution in [3.8, 4) is 0 Å². The van der Waals surface area contributed by atoms with Crippen LogP contribution in [0.15, 0.2) is 0 Å². The number of carbonyl (C=O) groups is 1. The molecule has 2 bridgehead atoms. The van der Waals surface area contributed by atoms with E-state index in [4.69, 9.17) is 19.2 Å². The standard InChI is InChI=1S/C18H25F3O5/c1-10-5-6-13-11(4-3-8-17(19,20)21)14(22)23-15-18(13)12(10)7-9-16(2,24-15)25-26-18/h10-13,15H,3-9H2,1-2H3/t10-,11+,12+,13?,15?,16?,18?/m1/s1. The number of alkyl halides is 3. The van der Waals surface area contributed by atoms with Gasteiger partial charge < -0.3 is 9.47 Å². The second-order valence-electron chi connectivity index (χ2n) is 8.46. The maximum absolute atomic E-state index is 12.6. The number of hydrogen-bond donors (Lipinski definition) is 0. The Labute approximate surface area is 150 Å². The zero-order valence-electron chi connectivity index (χ0n) is 15.0. The van der Waals surface area contributed by atoms with Crippen molar-refractivity contribution in [1.29, 1.82) is 0 Å². The van der Waals surface area contributed by atoms with Gasteiger partial charge in [0.2, 0.25) is 12.1 Å². The summed E-state index contributed by atoms with van der Waals surface area (Å²) in [5, 5.41) is 0. The molecule has 4 aliphatic heterocycles. The Morgan fingerprint density at radius 3 is 2.65 bits per heavy atom. The molecule has 4 saturated heterocycles. The van der Waals surface area contributed by atoms with Crippen LogP contribution in [0.1, 0.15) is 58.8 Å². The Morgan fingerprint density at radius 2 is 1.92 bits per heavy atom. The van der Waals surface area contributed by atoms with Crippen LogP contribution in [0.3, 0.4) is 0 Å². The average molecular weight is 378 g/mol. The first kappa shape index (κ1) is 18.5. The molecular formula is C18H25F3O5. The topological polar surface area (TPSA) is 54.0 Å². The minimum absolute atomic E-state index is 0.0915. The number of carbonyl (C=O) groups excluding carboxylic acids is 1. The van der Waals surface area contributed by atoms with Gasteiger partial charge in [0.25, 0.3) is 0 Å². The fourth-order valence-electron chi connectivity index (χ4n) is 5.46. The van der Waals surface area contributed by atoms with E-state index in [0.717, 1.165) is 12.8 Å². The highest BCUT2D eigenvalue weighted by atomic mass is 19.4. The fourth-order valence-corrected chi connectivity index (χ4v) is 5.46. The van der Waals surface area contributed by atoms with Gasteiger partial charge in [0.1, 0.15) is 0 Å². The highest BCUT2D eigenvalue weighted by molar-refractivity contribution is 5.74. The Kier molecular flexibility index (Phi) is 4.32. The Bertz CT molecular complexity index is 582. The van der Waals surface area contributed by atoms with E-state index >= 15 is 0 Å². The zero-order valence-corrected chi connectivity index (χ0v) is 15.0. The summed E-state index contributed by atoms with van der Waals surface area (Å²) in [5.41, 5.74) is -0.912. The second-order valence-corrected chi connectivity index (χ2v) is 8.46. The zero-order chi connectivity index (χ0) is 18.7. The van der Waals surface area contributed by atoms with Crippen LogP contribution in [-0.2, 0) is 24.0 Å². The molecule has 0 N–H and O–H groups in total. The molecule has 1 spiro atoms. The van der Waals surface area contributed by atoms with Crippen molar-refractivity contribution in [2.45, 2.75) is 82.6 Å². The molecular weight excluding hydrogens is 353 g/mol. The minimum atomic E-state index is -4.22. The van der Waals surface area contributed by atoms with Gasteiger partial charge >= 0.3 is 12.1 Å². The van der Waals surface area contributed by atoms with Crippen LogP contribution in [0.2, 0.25) is 0 Å². The number of fused-ring (bicyclic) bond motifs is 2. The Hall–Kier alpha value is -0.860. The predicted octanol–water partition coefficient (Wildman–Crippen LogP) is 4.11. The van der Waals surface area contributed by atoms with Crippen LogP contribution in [0.4, 0.5) is 13.2 Å². The summed E-state index contributed by atoms with van der Waals surface area (Å²) in [6.45, 7) is 3.91. The maximum Gasteiger partial charge on any atom is 0.389 e. The molecule has 0 aromatic rings. The molecule has 0 aromatic carbocycles. The molecule has 5 nitrogen and oxygen atoms in total. The summed E-state index contributed by atoms with van der Waals surface area (Å²) in [5.74, 6) is -1.85. The molecule has 0 radical (unpaired) electrons. The van der Waals surface area contributed by atoms with Crippen LogP contribution >= 0.6 is 0 Å². The van der Waals surface area contributed by atoms with E-state index in [0.29, 0.717) is 18.8 Å². The number of ether oxygens (including phenoxy) is 2. The quantitative estimate of drug-likeness (QED) is 0.547. The van der Waals surface area contributed by atoms with Gasteiger partial charge in [-0.15, -0.1) is 0 Å². The highest BCUT2D eigenvalue weighted by Gasteiger charge is 2.70. The highest BCUT2D eigenvalue weighted by Crippen LogP contribution is 2.60. The minimum Gasteiger partial charge on any atom is -0.432 e. The molecule has 5 fully saturated rings. The number of esters is 1. The monoisotopic (exact) mass is 378 g/mol. The molecule has 0 amide bonds. The van der Waals surface area contributed by atoms with Crippen LogP contribution in [-0.4, -0.2) is 29.8 Å². The van der Waals surface area contributed by atoms with Gasteiger partial charge in [-0.25, -0.2) is 9.78 Å². The van der Waals surface area contributed by atoms with E-state index in [-0.39, 0.29) is 24.7 Å². The van der Waals surface area contributed by atoms with Gasteiger partial charge in [-0.1, -0.05) is 6.92 Å². The molecule has 8 heteroatoms. The second kappa shape index (κ2) is 6.07. The van der Waals surface area contributed by atoms with E-state index in [1.807, 2.05) is 0 Å². The third-order valence-corrected chi connectivity index (χ3v) is 6.76. The van der Waals surface area contributed by atoms with Gasteiger partial charge in [0.05, 0.1) is 5.92 Å². The van der Waals surface area contributed by atoms with Crippen LogP contribution in [0.25, 0.3) is 0 Å². The Balaban J connectivity index is 1.63. The van der Waals surface area contributed by atoms with Gasteiger partial charge in [0.15, 0.2) is 5.60 Å². The van der Waals surface area contributed by atoms with Crippen LogP contribution < -0.4 is 0 Å². The number of hydrogen-bond acceptors (Lipinski definition) is 5. The fraction of sp³-hybridized carbons (Fsp3) is 0.944. The predicted molar refractivity (Wildman–Crippen MR) is 82.3 cm³/mol. The SMILES string of the molecule is C[C@@H]1CCC2[C@H](CCCC(F)(F)F)C(=O)OC3OC4(C)CC[C@@H]1C32OO4. The lowest BCUT2D eigenvalue weighted by Crippen LogP contribution is -2.70. The van der Waals surface area contributed by atoms with Gasteiger partial charge in [-0.2, -0.15) is 13.2 Å². The summed E-state index contributed by atoms with van der Waals surface area (Å²) < 4.78 is 49.2. The Morgan fingerprint density at radius 1 is 1.15 bits per heavy atom. The van der Waals surface area contributed by atoms with Crippen LogP contribution in [0, 0.1) is 23.7 Å². The van der Waals surface area contributed by atoms with Crippen molar-refractivity contribution >= 4 is 5.97 Å². The van der Waals surface area contributed by atoms with Crippen molar-refractivity contribution in [2.24, 2.45) is 23.7 Å². The molecule has 5 aliphatic rings.